The Morgan fingerprint density at radius 2 is 1.61 bits per heavy atom. The van der Waals surface area contributed by atoms with Gasteiger partial charge >= 0.3 is 0 Å². The summed E-state index contributed by atoms with van der Waals surface area (Å²) in [6, 6.07) is 24.8. The van der Waals surface area contributed by atoms with Crippen molar-refractivity contribution >= 4 is 23.4 Å². The second kappa shape index (κ2) is 10.2. The maximum absolute atomic E-state index is 13.2. The van der Waals surface area contributed by atoms with E-state index >= 15 is 0 Å². The topological polar surface area (TPSA) is 95.1 Å². The highest BCUT2D eigenvalue weighted by atomic mass is 32.2. The largest absolute Gasteiger partial charge is 0.485 e. The normalized spacial score (nSPS) is 11.7. The van der Waals surface area contributed by atoms with E-state index in [0.29, 0.717) is 11.0 Å². The third-order valence-corrected chi connectivity index (χ3v) is 6.31. The summed E-state index contributed by atoms with van der Waals surface area (Å²) in [6.45, 7) is 4.15. The molecule has 168 valence electrons. The molecule has 0 aliphatic carbocycles. The maximum atomic E-state index is 13.2. The van der Waals surface area contributed by atoms with Crippen molar-refractivity contribution in [1.82, 2.24) is 14.9 Å². The molecule has 33 heavy (non-hydrogen) atoms. The number of aryl methyl sites for hydroxylation is 2. The number of anilines is 1. The van der Waals surface area contributed by atoms with Gasteiger partial charge in [-0.3, -0.25) is 4.79 Å². The van der Waals surface area contributed by atoms with E-state index in [2.05, 4.69) is 15.5 Å². The lowest BCUT2D eigenvalue weighted by Gasteiger charge is -2.16. The van der Waals surface area contributed by atoms with Crippen molar-refractivity contribution in [3.63, 3.8) is 0 Å². The van der Waals surface area contributed by atoms with Crippen LogP contribution < -0.4 is 15.9 Å². The molecule has 0 saturated heterocycles. The van der Waals surface area contributed by atoms with Gasteiger partial charge in [0.25, 0.3) is 0 Å². The lowest BCUT2D eigenvalue weighted by atomic mass is 10.1. The predicted octanol–water partition coefficient (Wildman–Crippen LogP) is 4.66. The molecular weight excluding hydrogens is 434 g/mol. The maximum Gasteiger partial charge on any atom is 0.242 e. The molecule has 0 fully saturated rings. The van der Waals surface area contributed by atoms with Crippen LogP contribution in [-0.4, -0.2) is 20.8 Å². The number of hydrogen-bond donors (Lipinski definition) is 2. The number of carbonyl (C=O) groups is 1. The van der Waals surface area contributed by atoms with E-state index in [-0.39, 0.29) is 12.5 Å². The number of thioether (sulfide) groups is 1. The minimum Gasteiger partial charge on any atom is -0.485 e. The van der Waals surface area contributed by atoms with Crippen LogP contribution in [0.25, 0.3) is 0 Å². The standard InChI is InChI=1S/C25H25N5O2S/c1-17-10-9-11-18(2)22(17)32-16-21-28-29-25(30(21)26)33-23(19-12-5-3-6-13-19)24(31)27-20-14-7-4-8-15-20/h3-15,23H,16,26H2,1-2H3,(H,27,31). The fourth-order valence-electron chi connectivity index (χ4n) is 3.39. The van der Waals surface area contributed by atoms with Gasteiger partial charge in [-0.05, 0) is 42.7 Å². The molecule has 1 unspecified atom stereocenters. The monoisotopic (exact) mass is 459 g/mol. The van der Waals surface area contributed by atoms with Crippen LogP contribution >= 0.6 is 11.8 Å². The average Bonchev–Trinajstić information content (AvgIpc) is 3.17. The van der Waals surface area contributed by atoms with E-state index in [1.165, 1.54) is 16.4 Å². The first-order chi connectivity index (χ1) is 16.0. The Bertz CT molecular complexity index is 1210. The summed E-state index contributed by atoms with van der Waals surface area (Å²) >= 11 is 1.24. The average molecular weight is 460 g/mol. The minimum atomic E-state index is -0.565. The summed E-state index contributed by atoms with van der Waals surface area (Å²) in [6.07, 6.45) is 0. The molecule has 0 aliphatic rings. The molecule has 7 nitrogen and oxygen atoms in total. The number of nitrogens with one attached hydrogen (secondary N) is 1. The van der Waals surface area contributed by atoms with Gasteiger partial charge in [-0.1, -0.05) is 78.5 Å². The summed E-state index contributed by atoms with van der Waals surface area (Å²) in [4.78, 5) is 13.2. The molecule has 0 spiro atoms. The molecule has 4 aromatic rings. The Morgan fingerprint density at radius 3 is 2.27 bits per heavy atom. The highest BCUT2D eigenvalue weighted by Gasteiger charge is 2.25. The predicted molar refractivity (Wildman–Crippen MR) is 131 cm³/mol. The molecule has 3 N–H and O–H groups in total. The quantitative estimate of drug-likeness (QED) is 0.294. The number of ether oxygens (including phenoxy) is 1. The fraction of sp³-hybridized carbons (Fsp3) is 0.160. The molecule has 8 heteroatoms. The van der Waals surface area contributed by atoms with Crippen LogP contribution in [0.15, 0.2) is 84.0 Å². The van der Waals surface area contributed by atoms with E-state index in [9.17, 15) is 4.79 Å². The van der Waals surface area contributed by atoms with E-state index in [0.717, 1.165) is 28.1 Å². The van der Waals surface area contributed by atoms with Crippen LogP contribution in [0.2, 0.25) is 0 Å². The van der Waals surface area contributed by atoms with Crippen molar-refractivity contribution in [3.8, 4) is 5.75 Å². The Kier molecular flexibility index (Phi) is 6.95. The Morgan fingerprint density at radius 1 is 0.970 bits per heavy atom. The SMILES string of the molecule is Cc1cccc(C)c1OCc1nnc(SC(C(=O)Nc2ccccc2)c2ccccc2)n1N. The molecule has 3 aromatic carbocycles. The summed E-state index contributed by atoms with van der Waals surface area (Å²) < 4.78 is 7.35. The zero-order chi connectivity index (χ0) is 23.2. The van der Waals surface area contributed by atoms with Gasteiger partial charge in [0, 0.05) is 5.69 Å². The molecule has 1 amide bonds. The Balaban J connectivity index is 1.53. The van der Waals surface area contributed by atoms with E-state index < -0.39 is 5.25 Å². The number of rotatable bonds is 8. The van der Waals surface area contributed by atoms with Crippen LogP contribution in [0.3, 0.4) is 0 Å². The summed E-state index contributed by atoms with van der Waals surface area (Å²) in [5.74, 6) is 7.38. The van der Waals surface area contributed by atoms with Gasteiger partial charge in [-0.2, -0.15) is 0 Å². The lowest BCUT2D eigenvalue weighted by Crippen LogP contribution is -2.21. The number of nitrogens with zero attached hydrogens (tertiary/aromatic N) is 3. The van der Waals surface area contributed by atoms with Gasteiger partial charge in [-0.15, -0.1) is 10.2 Å². The molecule has 0 saturated carbocycles. The van der Waals surface area contributed by atoms with Crippen molar-refractivity contribution < 1.29 is 9.53 Å². The van der Waals surface area contributed by atoms with E-state index in [1.54, 1.807) is 0 Å². The number of hydrogen-bond acceptors (Lipinski definition) is 6. The van der Waals surface area contributed by atoms with E-state index in [4.69, 9.17) is 10.6 Å². The van der Waals surface area contributed by atoms with Crippen molar-refractivity contribution in [3.05, 3.63) is 101 Å². The first-order valence-electron chi connectivity index (χ1n) is 10.5. The molecular formula is C25H25N5O2S. The zero-order valence-electron chi connectivity index (χ0n) is 18.4. The highest BCUT2D eigenvalue weighted by molar-refractivity contribution is 8.00. The molecule has 0 aliphatic heterocycles. The van der Waals surface area contributed by atoms with Crippen molar-refractivity contribution in [2.24, 2.45) is 0 Å². The minimum absolute atomic E-state index is 0.169. The number of para-hydroxylation sites is 2. The smallest absolute Gasteiger partial charge is 0.242 e. The first-order valence-corrected chi connectivity index (χ1v) is 11.4. The van der Waals surface area contributed by atoms with Gasteiger partial charge in [0.2, 0.25) is 11.1 Å². The van der Waals surface area contributed by atoms with Crippen molar-refractivity contribution in [2.45, 2.75) is 30.9 Å². The highest BCUT2D eigenvalue weighted by Crippen LogP contribution is 2.35. The number of nitrogens with two attached hydrogens (primary N) is 1. The lowest BCUT2D eigenvalue weighted by molar-refractivity contribution is -0.115. The molecule has 1 atom stereocenters. The number of nitrogen functional groups attached to an aromatic ring is 1. The second-order valence-electron chi connectivity index (χ2n) is 7.54. The van der Waals surface area contributed by atoms with Gasteiger partial charge in [0.1, 0.15) is 17.6 Å². The number of aromatic nitrogens is 3. The zero-order valence-corrected chi connectivity index (χ0v) is 19.3. The van der Waals surface area contributed by atoms with Crippen molar-refractivity contribution in [1.29, 1.82) is 0 Å². The molecule has 0 bridgehead atoms. The number of amides is 1. The van der Waals surface area contributed by atoms with Crippen molar-refractivity contribution in [2.75, 3.05) is 11.2 Å². The Labute approximate surface area is 197 Å². The molecule has 1 aromatic heterocycles. The molecule has 0 radical (unpaired) electrons. The number of benzene rings is 3. The van der Waals surface area contributed by atoms with E-state index in [1.807, 2.05) is 92.7 Å². The van der Waals surface area contributed by atoms with Crippen LogP contribution in [0.4, 0.5) is 5.69 Å². The van der Waals surface area contributed by atoms with Crippen LogP contribution in [0, 0.1) is 13.8 Å². The second-order valence-corrected chi connectivity index (χ2v) is 8.61. The van der Waals surface area contributed by atoms with Crippen LogP contribution in [0.1, 0.15) is 27.8 Å². The number of carbonyl (C=O) groups excluding carboxylic acids is 1. The Hall–Kier alpha value is -3.78. The van der Waals surface area contributed by atoms with Gasteiger partial charge in [0.05, 0.1) is 0 Å². The third kappa shape index (κ3) is 5.35. The molecule has 1 heterocycles. The summed E-state index contributed by atoms with van der Waals surface area (Å²) in [5.41, 5.74) is 3.64. The van der Waals surface area contributed by atoms with Gasteiger partial charge in [0.15, 0.2) is 5.82 Å². The van der Waals surface area contributed by atoms with Gasteiger partial charge < -0.3 is 15.9 Å². The summed E-state index contributed by atoms with van der Waals surface area (Å²) in [5, 5.41) is 11.2. The van der Waals surface area contributed by atoms with Crippen LogP contribution in [0.5, 0.6) is 5.75 Å². The van der Waals surface area contributed by atoms with Gasteiger partial charge in [-0.25, -0.2) is 4.68 Å². The van der Waals surface area contributed by atoms with Crippen LogP contribution in [-0.2, 0) is 11.4 Å². The molecule has 4 rings (SSSR count). The first kappa shape index (κ1) is 22.4. The third-order valence-electron chi connectivity index (χ3n) is 5.09. The fourth-order valence-corrected chi connectivity index (χ4v) is 4.36. The summed E-state index contributed by atoms with van der Waals surface area (Å²) in [7, 11) is 0.